The van der Waals surface area contributed by atoms with Crippen LogP contribution in [-0.4, -0.2) is 35.2 Å². The number of ether oxygens (including phenoxy) is 3. The zero-order valence-electron chi connectivity index (χ0n) is 12.2. The van der Waals surface area contributed by atoms with Crippen molar-refractivity contribution in [2.75, 3.05) is 6.61 Å². The highest BCUT2D eigenvalue weighted by atomic mass is 16.8. The van der Waals surface area contributed by atoms with Gasteiger partial charge in [0, 0.05) is 6.61 Å². The van der Waals surface area contributed by atoms with Gasteiger partial charge in [-0.25, -0.2) is 9.59 Å². The third-order valence-electron chi connectivity index (χ3n) is 0.946. The van der Waals surface area contributed by atoms with Crippen LogP contribution in [0, 0.1) is 0 Å². The Morgan fingerprint density at radius 1 is 0.889 bits per heavy atom. The zero-order valence-corrected chi connectivity index (χ0v) is 12.2. The van der Waals surface area contributed by atoms with Crippen LogP contribution < -0.4 is 0 Å². The summed E-state index contributed by atoms with van der Waals surface area (Å²) in [5, 5.41) is 7.57. The Bertz CT molecular complexity index is 233. The number of carbonyl (C=O) groups excluding carboxylic acids is 2. The molecule has 0 aromatic carbocycles. The molecule has 0 aliphatic carbocycles. The summed E-state index contributed by atoms with van der Waals surface area (Å²) in [5.74, 6) is 0. The minimum Gasteiger partial charge on any atom is -0.428 e. The molecule has 0 saturated carbocycles. The average molecular weight is 264 g/mol. The summed E-state index contributed by atoms with van der Waals surface area (Å²) in [7, 11) is 0. The van der Waals surface area contributed by atoms with Crippen molar-refractivity contribution in [3.63, 3.8) is 0 Å². The molecule has 0 aromatic rings. The molecule has 0 radical (unpaired) electrons. The fourth-order valence-corrected chi connectivity index (χ4v) is 0.610. The maximum Gasteiger partial charge on any atom is 0.519 e. The summed E-state index contributed by atoms with van der Waals surface area (Å²) in [6, 6.07) is 0. The topological polar surface area (TPSA) is 82.1 Å². The van der Waals surface area contributed by atoms with Crippen LogP contribution >= 0.6 is 0 Å². The summed E-state index contributed by atoms with van der Waals surface area (Å²) in [6.45, 7) is 12.0. The molecular formula is C12H24O6. The predicted octanol–water partition coefficient (Wildman–Crippen LogP) is 2.87. The van der Waals surface area contributed by atoms with E-state index in [0.29, 0.717) is 0 Å². The van der Waals surface area contributed by atoms with Gasteiger partial charge in [-0.1, -0.05) is 0 Å². The first kappa shape index (κ1) is 19.0. The van der Waals surface area contributed by atoms with Crippen LogP contribution in [-0.2, 0) is 14.2 Å². The first-order valence-electron chi connectivity index (χ1n) is 5.66. The van der Waals surface area contributed by atoms with Gasteiger partial charge in [-0.2, -0.15) is 0 Å². The number of aliphatic hydroxyl groups is 1. The molecule has 6 heteroatoms. The van der Waals surface area contributed by atoms with Crippen molar-refractivity contribution >= 4 is 12.3 Å². The van der Waals surface area contributed by atoms with Crippen LogP contribution in [0.2, 0.25) is 0 Å². The molecule has 0 spiro atoms. The second-order valence-corrected chi connectivity index (χ2v) is 5.35. The lowest BCUT2D eigenvalue weighted by molar-refractivity contribution is -0.0293. The average Bonchev–Trinajstić information content (AvgIpc) is 1.95. The van der Waals surface area contributed by atoms with Crippen LogP contribution in [0.1, 0.15) is 48.5 Å². The zero-order chi connectivity index (χ0) is 15.0. The van der Waals surface area contributed by atoms with Gasteiger partial charge < -0.3 is 19.3 Å². The molecule has 0 rings (SSSR count). The molecule has 0 aliphatic rings. The number of aliphatic hydroxyl groups excluding tert-OH is 1. The molecule has 0 aromatic heterocycles. The molecule has 0 bridgehead atoms. The molecule has 1 N–H and O–H groups in total. The molecule has 0 atom stereocenters. The second kappa shape index (κ2) is 7.92. The van der Waals surface area contributed by atoms with E-state index in [9.17, 15) is 9.59 Å². The standard InChI is InChI=1S/C10H18O5.C2H6O/c1-9(2,3)14-7(11)13-8(12)15-10(4,5)6;1-2-3/h1-6H3;3H,2H2,1H3. The monoisotopic (exact) mass is 264 g/mol. The van der Waals surface area contributed by atoms with Crippen LogP contribution in [0.5, 0.6) is 0 Å². The maximum absolute atomic E-state index is 11.0. The van der Waals surface area contributed by atoms with Crippen molar-refractivity contribution in [3.8, 4) is 0 Å². The molecule has 6 nitrogen and oxygen atoms in total. The highest BCUT2D eigenvalue weighted by Gasteiger charge is 2.24. The highest BCUT2D eigenvalue weighted by molar-refractivity contribution is 5.77. The number of carbonyl (C=O) groups is 2. The highest BCUT2D eigenvalue weighted by Crippen LogP contribution is 2.11. The van der Waals surface area contributed by atoms with Crippen molar-refractivity contribution < 1.29 is 28.9 Å². The summed E-state index contributed by atoms with van der Waals surface area (Å²) in [5.41, 5.74) is -1.39. The van der Waals surface area contributed by atoms with Gasteiger partial charge in [-0.3, -0.25) is 0 Å². The van der Waals surface area contributed by atoms with Crippen molar-refractivity contribution in [2.24, 2.45) is 0 Å². The quantitative estimate of drug-likeness (QED) is 0.535. The molecule has 0 heterocycles. The molecule has 18 heavy (non-hydrogen) atoms. The normalized spacial score (nSPS) is 10.9. The van der Waals surface area contributed by atoms with Crippen molar-refractivity contribution in [3.05, 3.63) is 0 Å². The van der Waals surface area contributed by atoms with Crippen LogP contribution in [0.15, 0.2) is 0 Å². The minimum atomic E-state index is -1.06. The van der Waals surface area contributed by atoms with Gasteiger partial charge in [0.25, 0.3) is 0 Å². The molecule has 0 aliphatic heterocycles. The van der Waals surface area contributed by atoms with E-state index in [1.54, 1.807) is 48.5 Å². The van der Waals surface area contributed by atoms with Gasteiger partial charge in [0.1, 0.15) is 11.2 Å². The predicted molar refractivity (Wildman–Crippen MR) is 66.3 cm³/mol. The maximum atomic E-state index is 11.0. The summed E-state index contributed by atoms with van der Waals surface area (Å²) >= 11 is 0. The van der Waals surface area contributed by atoms with E-state index in [0.717, 1.165) is 0 Å². The van der Waals surface area contributed by atoms with E-state index in [-0.39, 0.29) is 6.61 Å². The Morgan fingerprint density at radius 3 is 1.28 bits per heavy atom. The van der Waals surface area contributed by atoms with Crippen LogP contribution in [0.4, 0.5) is 9.59 Å². The number of hydrogen-bond donors (Lipinski definition) is 1. The molecular weight excluding hydrogens is 240 g/mol. The number of rotatable bonds is 0. The first-order chi connectivity index (χ1) is 7.91. The van der Waals surface area contributed by atoms with Gasteiger partial charge in [-0.05, 0) is 48.5 Å². The van der Waals surface area contributed by atoms with E-state index in [1.165, 1.54) is 0 Å². The van der Waals surface area contributed by atoms with E-state index >= 15 is 0 Å². The van der Waals surface area contributed by atoms with Crippen molar-refractivity contribution in [1.82, 2.24) is 0 Å². The van der Waals surface area contributed by atoms with Gasteiger partial charge in [0.05, 0.1) is 0 Å². The van der Waals surface area contributed by atoms with Crippen molar-refractivity contribution in [2.45, 2.75) is 59.7 Å². The summed E-state index contributed by atoms with van der Waals surface area (Å²) in [4.78, 5) is 22.0. The third kappa shape index (κ3) is 17.1. The van der Waals surface area contributed by atoms with Crippen LogP contribution in [0.3, 0.4) is 0 Å². The Balaban J connectivity index is 0. The molecule has 0 amide bonds. The van der Waals surface area contributed by atoms with Gasteiger partial charge in [-0.15, -0.1) is 0 Å². The fourth-order valence-electron chi connectivity index (χ4n) is 0.610. The lowest BCUT2D eigenvalue weighted by atomic mass is 10.2. The largest absolute Gasteiger partial charge is 0.519 e. The van der Waals surface area contributed by atoms with Gasteiger partial charge in [0.15, 0.2) is 0 Å². The molecule has 0 fully saturated rings. The smallest absolute Gasteiger partial charge is 0.428 e. The number of hydrogen-bond acceptors (Lipinski definition) is 6. The second-order valence-electron chi connectivity index (χ2n) is 5.35. The first-order valence-corrected chi connectivity index (χ1v) is 5.66. The summed E-state index contributed by atoms with van der Waals surface area (Å²) in [6.07, 6.45) is -2.12. The lowest BCUT2D eigenvalue weighted by Gasteiger charge is -2.20. The fraction of sp³-hybridized carbons (Fsp3) is 0.833. The SMILES string of the molecule is CC(C)(C)OC(=O)OC(=O)OC(C)(C)C.CCO. The van der Waals surface area contributed by atoms with Gasteiger partial charge >= 0.3 is 12.3 Å². The lowest BCUT2D eigenvalue weighted by Crippen LogP contribution is -2.29. The third-order valence-corrected chi connectivity index (χ3v) is 0.946. The molecule has 108 valence electrons. The van der Waals surface area contributed by atoms with E-state index < -0.39 is 23.5 Å². The Hall–Kier alpha value is -1.30. The Morgan fingerprint density at radius 2 is 1.11 bits per heavy atom. The Labute approximate surface area is 108 Å². The van der Waals surface area contributed by atoms with E-state index in [2.05, 4.69) is 4.74 Å². The van der Waals surface area contributed by atoms with Crippen LogP contribution in [0.25, 0.3) is 0 Å². The van der Waals surface area contributed by atoms with E-state index in [4.69, 9.17) is 14.6 Å². The minimum absolute atomic E-state index is 0.250. The molecule has 0 unspecified atom stereocenters. The van der Waals surface area contributed by atoms with E-state index in [1.807, 2.05) is 0 Å². The van der Waals surface area contributed by atoms with Gasteiger partial charge in [0.2, 0.25) is 0 Å². The summed E-state index contributed by atoms with van der Waals surface area (Å²) < 4.78 is 13.8. The van der Waals surface area contributed by atoms with Crippen molar-refractivity contribution in [1.29, 1.82) is 0 Å². The Kier molecular flexibility index (Phi) is 8.38. The molecule has 0 saturated heterocycles.